The van der Waals surface area contributed by atoms with E-state index in [0.29, 0.717) is 37.8 Å². The monoisotopic (exact) mass is 807 g/mol. The zero-order chi connectivity index (χ0) is 43.2. The molecule has 20 heteroatoms. The van der Waals surface area contributed by atoms with Crippen molar-refractivity contribution in [3.05, 3.63) is 29.8 Å². The molecule has 0 aliphatic rings. The number of nitrogens with one attached hydrogen (secondary N) is 6. The third-order valence-electron chi connectivity index (χ3n) is 8.84. The molecule has 20 nitrogen and oxygen atoms in total. The second-order valence-electron chi connectivity index (χ2n) is 14.2. The lowest BCUT2D eigenvalue weighted by atomic mass is 10.0. The van der Waals surface area contributed by atoms with Crippen LogP contribution in [0.1, 0.15) is 84.6 Å². The molecule has 320 valence electrons. The topological polar surface area (TPSA) is 347 Å². The maximum absolute atomic E-state index is 13.8. The molecule has 0 aliphatic heterocycles. The van der Waals surface area contributed by atoms with Gasteiger partial charge in [-0.25, -0.2) is 4.79 Å². The van der Waals surface area contributed by atoms with Gasteiger partial charge in [0, 0.05) is 19.9 Å². The third-order valence-corrected chi connectivity index (χ3v) is 8.84. The van der Waals surface area contributed by atoms with E-state index in [-0.39, 0.29) is 50.3 Å². The van der Waals surface area contributed by atoms with Gasteiger partial charge in [0.1, 0.15) is 36.0 Å². The number of aromatic hydroxyl groups is 1. The van der Waals surface area contributed by atoms with Gasteiger partial charge in [-0.1, -0.05) is 26.0 Å². The highest BCUT2D eigenvalue weighted by Gasteiger charge is 2.35. The second kappa shape index (κ2) is 25.7. The van der Waals surface area contributed by atoms with E-state index < -0.39 is 89.7 Å². The summed E-state index contributed by atoms with van der Waals surface area (Å²) in [7, 11) is 0. The lowest BCUT2D eigenvalue weighted by Crippen LogP contribution is -2.61. The van der Waals surface area contributed by atoms with Gasteiger partial charge in [-0.3, -0.25) is 33.6 Å². The maximum atomic E-state index is 13.8. The molecule has 0 saturated heterocycles. The Morgan fingerprint density at radius 3 is 1.67 bits per heavy atom. The molecule has 1 aromatic rings. The van der Waals surface area contributed by atoms with Gasteiger partial charge in [0.05, 0.1) is 12.1 Å². The van der Waals surface area contributed by atoms with E-state index in [1.807, 2.05) is 0 Å². The highest BCUT2D eigenvalue weighted by Crippen LogP contribution is 2.12. The van der Waals surface area contributed by atoms with Gasteiger partial charge in [-0.05, 0) is 88.4 Å². The average Bonchev–Trinajstić information content (AvgIpc) is 3.13. The summed E-state index contributed by atoms with van der Waals surface area (Å²) in [5.41, 5.74) is 17.7. The number of carbonyl (C=O) groups is 8. The van der Waals surface area contributed by atoms with Crippen LogP contribution in [0.4, 0.5) is 0 Å². The van der Waals surface area contributed by atoms with Crippen LogP contribution in [0.15, 0.2) is 24.3 Å². The minimum absolute atomic E-state index is 0.00936. The number of primary amides is 1. The van der Waals surface area contributed by atoms with Crippen LogP contribution < -0.4 is 49.1 Å². The van der Waals surface area contributed by atoms with Gasteiger partial charge in [0.2, 0.25) is 41.4 Å². The van der Waals surface area contributed by atoms with E-state index in [0.717, 1.165) is 0 Å². The van der Waals surface area contributed by atoms with Crippen molar-refractivity contribution in [2.24, 2.45) is 23.1 Å². The molecule has 0 aromatic heterocycles. The van der Waals surface area contributed by atoms with Gasteiger partial charge in [-0.15, -0.1) is 0 Å². The Kier molecular flexibility index (Phi) is 22.4. The summed E-state index contributed by atoms with van der Waals surface area (Å²) < 4.78 is 0. The number of unbranched alkanes of at least 4 members (excludes halogenated alkanes) is 2. The lowest BCUT2D eigenvalue weighted by molar-refractivity contribution is -0.143. The smallest absolute Gasteiger partial charge is 0.326 e. The van der Waals surface area contributed by atoms with Crippen LogP contribution in [0.5, 0.6) is 5.75 Å². The Balaban J connectivity index is 3.31. The first kappa shape index (κ1) is 49.7. The molecule has 15 N–H and O–H groups in total. The number of rotatable bonds is 27. The fraction of sp³-hybridized carbons (Fsp3) is 0.622. The SMILES string of the molecule is CC(=O)NCCCC[C@H](NC(=O)[C@H](CCCCN)NC(=O)[C@@H](N)Cc1ccc(O)cc1)C(=O)N[C@H](C(=O)N[C@@H](CCC(N)=O)C(=O)N[C@H](C(=O)O)C(C)C)[C@H](C)O. The molecule has 7 atom stereocenters. The van der Waals surface area contributed by atoms with Crippen molar-refractivity contribution in [2.45, 2.75) is 128 Å². The number of carbonyl (C=O) groups excluding carboxylic acids is 7. The molecule has 0 saturated carbocycles. The molecule has 0 bridgehead atoms. The molecular formula is C37H61N9O11. The first-order chi connectivity index (χ1) is 26.8. The normalized spacial score (nSPS) is 14.7. The molecule has 0 spiro atoms. The Hall–Kier alpha value is -5.34. The van der Waals surface area contributed by atoms with Crippen LogP contribution in [-0.4, -0.2) is 118 Å². The standard InChI is InChI=1S/C37H61N9O11/c1-20(2)30(37(56)57)45-35(54)28(15-16-29(40)50)44-36(55)31(21(3)47)46-34(53)27(10-6-8-18-41-22(4)48)43-33(52)26(9-5-7-17-38)42-32(51)25(39)19-23-11-13-24(49)14-12-23/h11-14,20-21,25-28,30-31,47,49H,5-10,15-19,38-39H2,1-4H3,(H2,40,50)(H,41,48)(H,42,51)(H,43,52)(H,44,55)(H,45,54)(H,46,53)(H,56,57)/t21-,25-,26-,27-,28-,30-,31-/m0/s1. The number of aliphatic hydroxyl groups excluding tert-OH is 1. The van der Waals surface area contributed by atoms with Crippen LogP contribution in [0.3, 0.4) is 0 Å². The Bertz CT molecular complexity index is 1510. The van der Waals surface area contributed by atoms with E-state index in [9.17, 15) is 53.7 Å². The zero-order valence-corrected chi connectivity index (χ0v) is 33.0. The van der Waals surface area contributed by atoms with Gasteiger partial charge in [0.15, 0.2) is 0 Å². The number of amides is 7. The van der Waals surface area contributed by atoms with Crippen molar-refractivity contribution in [1.29, 1.82) is 0 Å². The van der Waals surface area contributed by atoms with Crippen LogP contribution in [-0.2, 0) is 44.8 Å². The number of aliphatic hydroxyl groups is 1. The number of phenols is 1. The number of carboxylic acid groups (broad SMARTS) is 1. The summed E-state index contributed by atoms with van der Waals surface area (Å²) in [5, 5.41) is 44.7. The first-order valence-electron chi connectivity index (χ1n) is 19.0. The molecule has 0 radical (unpaired) electrons. The van der Waals surface area contributed by atoms with E-state index in [1.54, 1.807) is 26.0 Å². The van der Waals surface area contributed by atoms with Crippen molar-refractivity contribution in [1.82, 2.24) is 31.9 Å². The minimum atomic E-state index is -1.71. The fourth-order valence-corrected chi connectivity index (χ4v) is 5.54. The van der Waals surface area contributed by atoms with Crippen LogP contribution >= 0.6 is 0 Å². The van der Waals surface area contributed by atoms with Gasteiger partial charge in [0.25, 0.3) is 0 Å². The number of carboxylic acids is 1. The zero-order valence-electron chi connectivity index (χ0n) is 33.0. The Labute approximate surface area is 332 Å². The van der Waals surface area contributed by atoms with E-state index in [2.05, 4.69) is 31.9 Å². The van der Waals surface area contributed by atoms with Crippen LogP contribution in [0.2, 0.25) is 0 Å². The van der Waals surface area contributed by atoms with Crippen molar-refractivity contribution >= 4 is 47.3 Å². The second-order valence-corrected chi connectivity index (χ2v) is 14.2. The number of benzene rings is 1. The quantitative estimate of drug-likeness (QED) is 0.0410. The van der Waals surface area contributed by atoms with Gasteiger partial charge in [-0.2, -0.15) is 0 Å². The molecule has 0 fully saturated rings. The van der Waals surface area contributed by atoms with Crippen molar-refractivity contribution in [3.8, 4) is 5.75 Å². The number of hydrogen-bond acceptors (Lipinski definition) is 12. The van der Waals surface area contributed by atoms with Gasteiger partial charge >= 0.3 is 5.97 Å². The molecule has 1 aromatic carbocycles. The number of hydrogen-bond donors (Lipinski definition) is 12. The summed E-state index contributed by atoms with van der Waals surface area (Å²) >= 11 is 0. The van der Waals surface area contributed by atoms with Crippen molar-refractivity contribution in [2.75, 3.05) is 13.1 Å². The molecule has 0 heterocycles. The minimum Gasteiger partial charge on any atom is -0.508 e. The Morgan fingerprint density at radius 2 is 1.18 bits per heavy atom. The molecular weight excluding hydrogens is 746 g/mol. The largest absolute Gasteiger partial charge is 0.508 e. The van der Waals surface area contributed by atoms with Crippen LogP contribution in [0, 0.1) is 5.92 Å². The molecule has 0 aliphatic carbocycles. The average molecular weight is 808 g/mol. The lowest BCUT2D eigenvalue weighted by Gasteiger charge is -2.28. The first-order valence-corrected chi connectivity index (χ1v) is 19.0. The maximum Gasteiger partial charge on any atom is 0.326 e. The molecule has 7 amide bonds. The fourth-order valence-electron chi connectivity index (χ4n) is 5.54. The summed E-state index contributed by atoms with van der Waals surface area (Å²) in [4.78, 5) is 102. The molecule has 1 rings (SSSR count). The molecule has 0 unspecified atom stereocenters. The number of nitrogens with two attached hydrogens (primary N) is 3. The molecule has 57 heavy (non-hydrogen) atoms. The third kappa shape index (κ3) is 19.4. The van der Waals surface area contributed by atoms with E-state index in [1.165, 1.54) is 26.0 Å². The number of aliphatic carboxylic acids is 1. The van der Waals surface area contributed by atoms with Gasteiger partial charge < -0.3 is 64.4 Å². The van der Waals surface area contributed by atoms with Crippen molar-refractivity contribution < 1.29 is 53.7 Å². The summed E-state index contributed by atoms with van der Waals surface area (Å²) in [6.45, 7) is 6.21. The highest BCUT2D eigenvalue weighted by molar-refractivity contribution is 5.96. The van der Waals surface area contributed by atoms with E-state index >= 15 is 0 Å². The Morgan fingerprint density at radius 1 is 0.684 bits per heavy atom. The van der Waals surface area contributed by atoms with E-state index in [4.69, 9.17) is 17.2 Å². The summed E-state index contributed by atoms with van der Waals surface area (Å²) in [6, 6.07) is -2.03. The van der Waals surface area contributed by atoms with Crippen LogP contribution in [0.25, 0.3) is 0 Å². The predicted molar refractivity (Wildman–Crippen MR) is 207 cm³/mol. The summed E-state index contributed by atoms with van der Waals surface area (Å²) in [5.74, 6) is -7.27. The predicted octanol–water partition coefficient (Wildman–Crippen LogP) is -2.49. The number of phenolic OH excluding ortho intramolecular Hbond substituents is 1. The highest BCUT2D eigenvalue weighted by atomic mass is 16.4. The summed E-state index contributed by atoms with van der Waals surface area (Å²) in [6.07, 6.45) is -0.427. The van der Waals surface area contributed by atoms with Crippen molar-refractivity contribution in [3.63, 3.8) is 0 Å².